The number of rotatable bonds is 3. The van der Waals surface area contributed by atoms with E-state index in [0.717, 1.165) is 16.9 Å². The Kier molecular flexibility index (Phi) is 3.22. The Morgan fingerprint density at radius 2 is 2.12 bits per heavy atom. The highest BCUT2D eigenvalue weighted by Gasteiger charge is 2.14. The van der Waals surface area contributed by atoms with Crippen molar-refractivity contribution in [3.8, 4) is 5.75 Å². The van der Waals surface area contributed by atoms with Crippen molar-refractivity contribution in [1.29, 1.82) is 0 Å². The fraction of sp³-hybridized carbons (Fsp3) is 0.250. The van der Waals surface area contributed by atoms with E-state index in [4.69, 9.17) is 4.74 Å². The van der Waals surface area contributed by atoms with E-state index in [0.29, 0.717) is 13.2 Å². The fourth-order valence-electron chi connectivity index (χ4n) is 1.52. The number of amides is 1. The monoisotopic (exact) mass is 218 g/mol. The normalized spacial score (nSPS) is 17.6. The van der Waals surface area contributed by atoms with Gasteiger partial charge in [-0.1, -0.05) is 12.1 Å². The van der Waals surface area contributed by atoms with Crippen LogP contribution in [0.4, 0.5) is 0 Å². The highest BCUT2D eigenvalue weighted by Crippen LogP contribution is 2.15. The number of nitrogens with one attached hydrogen (secondary N) is 2. The van der Waals surface area contributed by atoms with Gasteiger partial charge in [0.1, 0.15) is 5.75 Å². The molecule has 0 aliphatic carbocycles. The minimum Gasteiger partial charge on any atom is -0.494 e. The second kappa shape index (κ2) is 4.81. The quantitative estimate of drug-likeness (QED) is 0.747. The second-order valence-corrected chi connectivity index (χ2v) is 3.48. The standard InChI is InChI=1S/C12H14N2O2/c1-2-16-11-5-3-9(4-6-11)7-10-8-13-14-12(10)15/h3-7,13H,2,8H2,1H3,(H,14,15)/b10-7+. The zero-order valence-corrected chi connectivity index (χ0v) is 9.12. The third-order valence-electron chi connectivity index (χ3n) is 2.30. The van der Waals surface area contributed by atoms with Crippen molar-refractivity contribution in [2.24, 2.45) is 0 Å². The van der Waals surface area contributed by atoms with Crippen LogP contribution in [0.15, 0.2) is 29.8 Å². The van der Waals surface area contributed by atoms with Crippen molar-refractivity contribution in [3.05, 3.63) is 35.4 Å². The van der Waals surface area contributed by atoms with Gasteiger partial charge >= 0.3 is 0 Å². The number of ether oxygens (including phenoxy) is 1. The molecule has 84 valence electrons. The molecule has 1 aromatic rings. The summed E-state index contributed by atoms with van der Waals surface area (Å²) in [5.41, 5.74) is 7.06. The lowest BCUT2D eigenvalue weighted by Gasteiger charge is -2.02. The molecule has 1 aromatic carbocycles. The smallest absolute Gasteiger partial charge is 0.262 e. The van der Waals surface area contributed by atoms with Gasteiger partial charge in [-0.2, -0.15) is 0 Å². The van der Waals surface area contributed by atoms with Crippen LogP contribution in [0.2, 0.25) is 0 Å². The van der Waals surface area contributed by atoms with Gasteiger partial charge in [0.25, 0.3) is 5.91 Å². The molecule has 4 nitrogen and oxygen atoms in total. The van der Waals surface area contributed by atoms with Crippen LogP contribution < -0.4 is 15.6 Å². The van der Waals surface area contributed by atoms with Crippen LogP contribution in [0.25, 0.3) is 6.08 Å². The van der Waals surface area contributed by atoms with Crippen molar-refractivity contribution in [2.75, 3.05) is 13.2 Å². The first-order valence-electron chi connectivity index (χ1n) is 5.26. The molecule has 1 amide bonds. The molecule has 0 aromatic heterocycles. The van der Waals surface area contributed by atoms with Crippen LogP contribution in [0.1, 0.15) is 12.5 Å². The number of carbonyl (C=O) groups is 1. The maximum Gasteiger partial charge on any atom is 0.262 e. The fourth-order valence-corrected chi connectivity index (χ4v) is 1.52. The average molecular weight is 218 g/mol. The summed E-state index contributed by atoms with van der Waals surface area (Å²) in [4.78, 5) is 11.3. The van der Waals surface area contributed by atoms with Gasteiger partial charge in [0.05, 0.1) is 6.61 Å². The van der Waals surface area contributed by atoms with E-state index < -0.39 is 0 Å². The molecule has 0 saturated carbocycles. The van der Waals surface area contributed by atoms with Crippen LogP contribution in [0, 0.1) is 0 Å². The summed E-state index contributed by atoms with van der Waals surface area (Å²) in [7, 11) is 0. The zero-order chi connectivity index (χ0) is 11.4. The van der Waals surface area contributed by atoms with Crippen molar-refractivity contribution in [3.63, 3.8) is 0 Å². The number of carbonyl (C=O) groups excluding carboxylic acids is 1. The molecule has 0 bridgehead atoms. The predicted octanol–water partition coefficient (Wildman–Crippen LogP) is 1.10. The summed E-state index contributed by atoms with van der Waals surface area (Å²) in [6.45, 7) is 3.17. The maximum absolute atomic E-state index is 11.3. The first kappa shape index (κ1) is 10.7. The summed E-state index contributed by atoms with van der Waals surface area (Å²) in [5, 5.41) is 0. The number of hydrogen-bond donors (Lipinski definition) is 2. The molecule has 1 heterocycles. The van der Waals surface area contributed by atoms with Crippen molar-refractivity contribution >= 4 is 12.0 Å². The summed E-state index contributed by atoms with van der Waals surface area (Å²) < 4.78 is 5.34. The third-order valence-corrected chi connectivity index (χ3v) is 2.30. The van der Waals surface area contributed by atoms with Crippen molar-refractivity contribution in [1.82, 2.24) is 10.9 Å². The van der Waals surface area contributed by atoms with Crippen LogP contribution in [-0.4, -0.2) is 19.1 Å². The van der Waals surface area contributed by atoms with Crippen LogP contribution in [0.5, 0.6) is 5.75 Å². The molecule has 0 unspecified atom stereocenters. The molecule has 2 N–H and O–H groups in total. The van der Waals surface area contributed by atoms with Gasteiger partial charge in [-0.05, 0) is 30.7 Å². The molecule has 4 heteroatoms. The largest absolute Gasteiger partial charge is 0.494 e. The molecule has 1 aliphatic rings. The Hall–Kier alpha value is -1.81. The predicted molar refractivity (Wildman–Crippen MR) is 61.7 cm³/mol. The Labute approximate surface area is 94.3 Å². The van der Waals surface area contributed by atoms with E-state index in [1.165, 1.54) is 0 Å². The van der Waals surface area contributed by atoms with E-state index in [1.54, 1.807) is 0 Å². The van der Waals surface area contributed by atoms with Crippen molar-refractivity contribution < 1.29 is 9.53 Å². The highest BCUT2D eigenvalue weighted by atomic mass is 16.5. The Morgan fingerprint density at radius 3 is 2.69 bits per heavy atom. The zero-order valence-electron chi connectivity index (χ0n) is 9.12. The molecule has 0 atom stereocenters. The van der Waals surface area contributed by atoms with E-state index in [9.17, 15) is 4.79 Å². The second-order valence-electron chi connectivity index (χ2n) is 3.48. The molecule has 1 fully saturated rings. The van der Waals surface area contributed by atoms with Gasteiger partial charge in [0.15, 0.2) is 0 Å². The lowest BCUT2D eigenvalue weighted by atomic mass is 10.1. The number of benzene rings is 1. The maximum atomic E-state index is 11.3. The van der Waals surface area contributed by atoms with Gasteiger partial charge in [-0.3, -0.25) is 10.2 Å². The first-order chi connectivity index (χ1) is 7.79. The summed E-state index contributed by atoms with van der Waals surface area (Å²) >= 11 is 0. The van der Waals surface area contributed by atoms with E-state index >= 15 is 0 Å². The minimum atomic E-state index is -0.0612. The molecule has 0 spiro atoms. The average Bonchev–Trinajstić information content (AvgIpc) is 2.68. The Balaban J connectivity index is 2.13. The topological polar surface area (TPSA) is 50.4 Å². The van der Waals surface area contributed by atoms with Gasteiger partial charge in [0, 0.05) is 12.1 Å². The molecular weight excluding hydrogens is 204 g/mol. The van der Waals surface area contributed by atoms with Crippen molar-refractivity contribution in [2.45, 2.75) is 6.92 Å². The van der Waals surface area contributed by atoms with Crippen LogP contribution in [0.3, 0.4) is 0 Å². The molecule has 16 heavy (non-hydrogen) atoms. The summed E-state index contributed by atoms with van der Waals surface area (Å²) in [5.74, 6) is 0.785. The van der Waals surface area contributed by atoms with E-state index in [1.807, 2.05) is 37.3 Å². The molecular formula is C12H14N2O2. The highest BCUT2D eigenvalue weighted by molar-refractivity contribution is 5.99. The molecule has 1 saturated heterocycles. The minimum absolute atomic E-state index is 0.0612. The third kappa shape index (κ3) is 2.41. The lowest BCUT2D eigenvalue weighted by molar-refractivity contribution is -0.116. The SMILES string of the molecule is CCOc1ccc(/C=C2\CNNC2=O)cc1. The van der Waals surface area contributed by atoms with E-state index in [2.05, 4.69) is 10.9 Å². The first-order valence-corrected chi connectivity index (χ1v) is 5.26. The Morgan fingerprint density at radius 1 is 1.38 bits per heavy atom. The number of hydrogen-bond acceptors (Lipinski definition) is 3. The Bertz CT molecular complexity index is 410. The molecule has 2 rings (SSSR count). The van der Waals surface area contributed by atoms with Gasteiger partial charge in [0.2, 0.25) is 0 Å². The van der Waals surface area contributed by atoms with Gasteiger partial charge < -0.3 is 4.74 Å². The molecule has 1 aliphatic heterocycles. The van der Waals surface area contributed by atoms with Gasteiger partial charge in [-0.15, -0.1) is 0 Å². The van der Waals surface area contributed by atoms with Crippen LogP contribution >= 0.6 is 0 Å². The number of hydrazine groups is 1. The van der Waals surface area contributed by atoms with Gasteiger partial charge in [-0.25, -0.2) is 5.43 Å². The lowest BCUT2D eigenvalue weighted by Crippen LogP contribution is -2.25. The summed E-state index contributed by atoms with van der Waals surface area (Å²) in [6, 6.07) is 7.67. The molecule has 0 radical (unpaired) electrons. The summed E-state index contributed by atoms with van der Waals surface area (Å²) in [6.07, 6.45) is 1.87. The van der Waals surface area contributed by atoms with E-state index in [-0.39, 0.29) is 5.91 Å². The van der Waals surface area contributed by atoms with Crippen LogP contribution in [-0.2, 0) is 4.79 Å².